The molecule has 7 nitrogen and oxygen atoms in total. The molecule has 4 rings (SSSR count). The largest absolute Gasteiger partial charge is 0.360 e. The van der Waals surface area contributed by atoms with Crippen LogP contribution in [-0.2, 0) is 27.8 Å². The number of hydrogen-bond acceptors (Lipinski definition) is 5. The van der Waals surface area contributed by atoms with E-state index >= 15 is 0 Å². The van der Waals surface area contributed by atoms with Crippen molar-refractivity contribution in [3.8, 4) is 0 Å². The molecule has 8 heteroatoms. The number of amides is 1. The molecule has 2 aromatic carbocycles. The minimum atomic E-state index is -4.07. The van der Waals surface area contributed by atoms with Crippen molar-refractivity contribution >= 4 is 21.6 Å². The smallest absolute Gasteiger partial charge is 0.270 e. The standard InChI is InChI=1S/C25H29N3O4S/c1-17(2)20-9-11-23(12-10-20)28(33(30,31)25-18(3)26-32-19(25)4)16-24(29)27-14-13-21-7-5-6-8-22(21)15-27/h5-12,17H,13-16H2,1-4H3. The third-order valence-electron chi connectivity index (χ3n) is 6.13. The van der Waals surface area contributed by atoms with Crippen LogP contribution in [0.2, 0.25) is 0 Å². The number of sulfonamides is 1. The van der Waals surface area contributed by atoms with Crippen molar-refractivity contribution in [2.75, 3.05) is 17.4 Å². The van der Waals surface area contributed by atoms with E-state index in [2.05, 4.69) is 25.1 Å². The second kappa shape index (κ2) is 9.02. The predicted octanol–water partition coefficient (Wildman–Crippen LogP) is 4.20. The number of anilines is 1. The summed E-state index contributed by atoms with van der Waals surface area (Å²) < 4.78 is 33.8. The van der Waals surface area contributed by atoms with Gasteiger partial charge < -0.3 is 9.42 Å². The lowest BCUT2D eigenvalue weighted by Gasteiger charge is -2.31. The first-order chi connectivity index (χ1) is 15.7. The van der Waals surface area contributed by atoms with Gasteiger partial charge in [-0.05, 0) is 55.0 Å². The number of fused-ring (bicyclic) bond motifs is 1. The Hall–Kier alpha value is -3.13. The van der Waals surface area contributed by atoms with Gasteiger partial charge in [-0.25, -0.2) is 8.42 Å². The molecule has 0 atom stereocenters. The summed E-state index contributed by atoms with van der Waals surface area (Å²) in [5.74, 6) is 0.269. The fourth-order valence-electron chi connectivity index (χ4n) is 4.23. The maximum absolute atomic E-state index is 13.7. The summed E-state index contributed by atoms with van der Waals surface area (Å²) in [4.78, 5) is 15.1. The van der Waals surface area contributed by atoms with Crippen LogP contribution < -0.4 is 4.31 Å². The predicted molar refractivity (Wildman–Crippen MR) is 127 cm³/mol. The van der Waals surface area contributed by atoms with E-state index in [0.717, 1.165) is 17.5 Å². The molecule has 1 amide bonds. The molecule has 0 saturated heterocycles. The van der Waals surface area contributed by atoms with Crippen molar-refractivity contribution in [1.29, 1.82) is 0 Å². The number of hydrogen-bond donors (Lipinski definition) is 0. The molecule has 1 aliphatic rings. The molecule has 3 aromatic rings. The average molecular weight is 468 g/mol. The third-order valence-corrected chi connectivity index (χ3v) is 8.14. The Morgan fingerprint density at radius 1 is 1.09 bits per heavy atom. The third kappa shape index (κ3) is 4.53. The Kier molecular flexibility index (Phi) is 6.30. The zero-order valence-electron chi connectivity index (χ0n) is 19.4. The van der Waals surface area contributed by atoms with E-state index in [1.165, 1.54) is 9.87 Å². The first-order valence-corrected chi connectivity index (χ1v) is 12.5. The lowest BCUT2D eigenvalue weighted by atomic mass is 10.00. The molecule has 0 radical (unpaired) electrons. The van der Waals surface area contributed by atoms with Crippen LogP contribution >= 0.6 is 0 Å². The highest BCUT2D eigenvalue weighted by Gasteiger charge is 2.34. The van der Waals surface area contributed by atoms with Crippen molar-refractivity contribution in [2.24, 2.45) is 0 Å². The van der Waals surface area contributed by atoms with E-state index in [0.29, 0.717) is 24.7 Å². The minimum absolute atomic E-state index is 0.00669. The molecular weight excluding hydrogens is 438 g/mol. The Morgan fingerprint density at radius 2 is 1.76 bits per heavy atom. The minimum Gasteiger partial charge on any atom is -0.360 e. The topological polar surface area (TPSA) is 83.7 Å². The lowest BCUT2D eigenvalue weighted by molar-refractivity contribution is -0.130. The summed E-state index contributed by atoms with van der Waals surface area (Å²) in [5.41, 5.74) is 4.12. The zero-order chi connectivity index (χ0) is 23.8. The van der Waals surface area contributed by atoms with Crippen LogP contribution in [0.15, 0.2) is 57.9 Å². The zero-order valence-corrected chi connectivity index (χ0v) is 20.2. The second-order valence-electron chi connectivity index (χ2n) is 8.75. The van der Waals surface area contributed by atoms with E-state index in [1.54, 1.807) is 30.9 Å². The van der Waals surface area contributed by atoms with Crippen LogP contribution in [0.4, 0.5) is 5.69 Å². The first kappa shape index (κ1) is 23.0. The average Bonchev–Trinajstić information content (AvgIpc) is 3.15. The molecule has 0 saturated carbocycles. The molecule has 0 N–H and O–H groups in total. The summed E-state index contributed by atoms with van der Waals surface area (Å²) in [7, 11) is -4.07. The summed E-state index contributed by atoms with van der Waals surface area (Å²) in [5, 5.41) is 3.81. The highest BCUT2D eigenvalue weighted by molar-refractivity contribution is 7.93. The quantitative estimate of drug-likeness (QED) is 0.543. The molecule has 174 valence electrons. The summed E-state index contributed by atoms with van der Waals surface area (Å²) in [6.07, 6.45) is 0.752. The molecule has 1 aliphatic heterocycles. The maximum atomic E-state index is 13.7. The van der Waals surface area contributed by atoms with Gasteiger partial charge in [0, 0.05) is 13.1 Å². The van der Waals surface area contributed by atoms with E-state index in [4.69, 9.17) is 4.52 Å². The SMILES string of the molecule is Cc1noc(C)c1S(=O)(=O)N(CC(=O)N1CCc2ccccc2C1)c1ccc(C(C)C)cc1. The Bertz CT molecular complexity index is 1240. The maximum Gasteiger partial charge on any atom is 0.270 e. The van der Waals surface area contributed by atoms with Gasteiger partial charge in [0.2, 0.25) is 5.91 Å². The number of aromatic nitrogens is 1. The number of nitrogens with zero attached hydrogens (tertiary/aromatic N) is 3. The molecule has 0 fully saturated rings. The molecule has 1 aromatic heterocycles. The van der Waals surface area contributed by atoms with Gasteiger partial charge in [-0.1, -0.05) is 55.4 Å². The summed E-state index contributed by atoms with van der Waals surface area (Å²) >= 11 is 0. The number of carbonyl (C=O) groups excluding carboxylic acids is 1. The van der Waals surface area contributed by atoms with Crippen LogP contribution in [0.25, 0.3) is 0 Å². The van der Waals surface area contributed by atoms with Gasteiger partial charge in [-0.2, -0.15) is 0 Å². The van der Waals surface area contributed by atoms with Gasteiger partial charge in [0.1, 0.15) is 12.2 Å². The fraction of sp³-hybridized carbons (Fsp3) is 0.360. The van der Waals surface area contributed by atoms with Crippen molar-refractivity contribution in [3.05, 3.63) is 76.7 Å². The van der Waals surface area contributed by atoms with E-state index in [9.17, 15) is 13.2 Å². The van der Waals surface area contributed by atoms with Crippen molar-refractivity contribution in [2.45, 2.75) is 51.5 Å². The number of carbonyl (C=O) groups is 1. The lowest BCUT2D eigenvalue weighted by Crippen LogP contribution is -2.45. The Balaban J connectivity index is 1.68. The van der Waals surface area contributed by atoms with Gasteiger partial charge in [-0.3, -0.25) is 9.10 Å². The molecule has 2 heterocycles. The van der Waals surface area contributed by atoms with E-state index < -0.39 is 10.0 Å². The second-order valence-corrected chi connectivity index (χ2v) is 10.5. The fourth-order valence-corrected chi connectivity index (χ4v) is 5.94. The highest BCUT2D eigenvalue weighted by Crippen LogP contribution is 2.30. The van der Waals surface area contributed by atoms with E-state index in [1.807, 2.05) is 30.3 Å². The van der Waals surface area contributed by atoms with Gasteiger partial charge in [0.25, 0.3) is 10.0 Å². The van der Waals surface area contributed by atoms with Crippen molar-refractivity contribution < 1.29 is 17.7 Å². The number of aryl methyl sites for hydroxylation is 2. The van der Waals surface area contributed by atoms with Crippen LogP contribution in [0.5, 0.6) is 0 Å². The van der Waals surface area contributed by atoms with Crippen molar-refractivity contribution in [1.82, 2.24) is 10.1 Å². The van der Waals surface area contributed by atoms with Crippen LogP contribution in [0.1, 0.15) is 47.9 Å². The van der Waals surface area contributed by atoms with Gasteiger partial charge in [-0.15, -0.1) is 0 Å². The Labute approximate surface area is 195 Å². The molecule has 0 unspecified atom stereocenters. The molecule has 0 bridgehead atoms. The normalized spacial score (nSPS) is 13.8. The highest BCUT2D eigenvalue weighted by atomic mass is 32.2. The van der Waals surface area contributed by atoms with Gasteiger partial charge in [0.15, 0.2) is 10.7 Å². The van der Waals surface area contributed by atoms with Crippen LogP contribution in [0, 0.1) is 13.8 Å². The summed E-state index contributed by atoms with van der Waals surface area (Å²) in [6, 6.07) is 15.3. The molecule has 0 aliphatic carbocycles. The monoisotopic (exact) mass is 467 g/mol. The summed E-state index contributed by atoms with van der Waals surface area (Å²) in [6.45, 7) is 8.04. The number of benzene rings is 2. The van der Waals surface area contributed by atoms with Crippen LogP contribution in [0.3, 0.4) is 0 Å². The molecule has 0 spiro atoms. The first-order valence-electron chi connectivity index (χ1n) is 11.1. The Morgan fingerprint density at radius 3 is 2.36 bits per heavy atom. The van der Waals surface area contributed by atoms with Crippen molar-refractivity contribution in [3.63, 3.8) is 0 Å². The van der Waals surface area contributed by atoms with E-state index in [-0.39, 0.29) is 28.8 Å². The van der Waals surface area contributed by atoms with Gasteiger partial charge in [0.05, 0.1) is 5.69 Å². The number of rotatable bonds is 6. The molecular formula is C25H29N3O4S. The van der Waals surface area contributed by atoms with Crippen LogP contribution in [-0.4, -0.2) is 37.5 Å². The van der Waals surface area contributed by atoms with Gasteiger partial charge >= 0.3 is 0 Å². The molecule has 33 heavy (non-hydrogen) atoms.